The molecule has 0 saturated carbocycles. The molecule has 1 N–H and O–H groups in total. The first-order chi connectivity index (χ1) is 12.4. The molecule has 0 aliphatic heterocycles. The van der Waals surface area contributed by atoms with E-state index in [1.807, 2.05) is 18.2 Å². The molecular formula is C19H20N2O3S2. The number of hydrogen-bond donors (Lipinski definition) is 1. The van der Waals surface area contributed by atoms with E-state index in [1.165, 1.54) is 11.0 Å². The summed E-state index contributed by atoms with van der Waals surface area (Å²) >= 11 is 1.69. The zero-order valence-corrected chi connectivity index (χ0v) is 16.1. The maximum absolute atomic E-state index is 12.2. The summed E-state index contributed by atoms with van der Waals surface area (Å²) in [5.74, 6) is -0.169. The Balaban J connectivity index is 1.47. The van der Waals surface area contributed by atoms with E-state index in [0.29, 0.717) is 17.7 Å². The van der Waals surface area contributed by atoms with Gasteiger partial charge in [0.2, 0.25) is 0 Å². The molecule has 0 saturated heterocycles. The van der Waals surface area contributed by atoms with Crippen molar-refractivity contribution in [2.45, 2.75) is 18.6 Å². The van der Waals surface area contributed by atoms with Crippen molar-refractivity contribution in [3.05, 3.63) is 64.7 Å². The summed E-state index contributed by atoms with van der Waals surface area (Å²) in [6, 6.07) is 14.7. The molecule has 26 heavy (non-hydrogen) atoms. The molecule has 0 bridgehead atoms. The molecule has 136 valence electrons. The summed E-state index contributed by atoms with van der Waals surface area (Å²) in [5, 5.41) is 3.96. The second-order valence-corrected chi connectivity index (χ2v) is 9.46. The van der Waals surface area contributed by atoms with E-state index in [0.717, 1.165) is 23.4 Å². The molecule has 2 aromatic carbocycles. The van der Waals surface area contributed by atoms with Gasteiger partial charge >= 0.3 is 0 Å². The van der Waals surface area contributed by atoms with Gasteiger partial charge in [-0.25, -0.2) is 13.4 Å². The van der Waals surface area contributed by atoms with E-state index < -0.39 is 9.84 Å². The van der Waals surface area contributed by atoms with Crippen molar-refractivity contribution in [3.63, 3.8) is 0 Å². The number of carbonyl (C=O) groups is 1. The summed E-state index contributed by atoms with van der Waals surface area (Å²) < 4.78 is 23.8. The van der Waals surface area contributed by atoms with Crippen LogP contribution in [-0.2, 0) is 22.0 Å². The highest BCUT2D eigenvalue weighted by atomic mass is 32.2. The van der Waals surface area contributed by atoms with E-state index in [2.05, 4.69) is 16.4 Å². The molecule has 1 aromatic heterocycles. The lowest BCUT2D eigenvalue weighted by atomic mass is 10.1. The summed E-state index contributed by atoms with van der Waals surface area (Å²) in [4.78, 5) is 16.7. The Labute approximate surface area is 157 Å². The van der Waals surface area contributed by atoms with Gasteiger partial charge in [-0.1, -0.05) is 24.3 Å². The molecular weight excluding hydrogens is 368 g/mol. The fourth-order valence-corrected chi connectivity index (χ4v) is 4.43. The van der Waals surface area contributed by atoms with Gasteiger partial charge < -0.3 is 5.32 Å². The molecule has 3 aromatic rings. The Bertz CT molecular complexity index is 976. The molecule has 0 atom stereocenters. The van der Waals surface area contributed by atoms with Crippen LogP contribution in [0.3, 0.4) is 0 Å². The number of benzene rings is 2. The first-order valence-corrected chi connectivity index (χ1v) is 11.2. The Morgan fingerprint density at radius 3 is 2.54 bits per heavy atom. The number of aryl methyl sites for hydroxylation is 1. The van der Waals surface area contributed by atoms with Gasteiger partial charge in [0, 0.05) is 24.8 Å². The molecule has 3 rings (SSSR count). The van der Waals surface area contributed by atoms with Crippen LogP contribution in [0.4, 0.5) is 0 Å². The van der Waals surface area contributed by atoms with Crippen LogP contribution in [-0.4, -0.2) is 32.1 Å². The van der Waals surface area contributed by atoms with Crippen molar-refractivity contribution in [2.24, 2.45) is 0 Å². The molecule has 5 nitrogen and oxygen atoms in total. The van der Waals surface area contributed by atoms with Crippen LogP contribution >= 0.6 is 11.3 Å². The minimum Gasteiger partial charge on any atom is -0.352 e. The Morgan fingerprint density at radius 1 is 1.12 bits per heavy atom. The van der Waals surface area contributed by atoms with Crippen LogP contribution in [0.2, 0.25) is 0 Å². The van der Waals surface area contributed by atoms with Gasteiger partial charge in [0.05, 0.1) is 21.0 Å². The van der Waals surface area contributed by atoms with Gasteiger partial charge in [-0.3, -0.25) is 4.79 Å². The van der Waals surface area contributed by atoms with Crippen LogP contribution in [0.15, 0.2) is 48.5 Å². The number of thiazole rings is 1. The van der Waals surface area contributed by atoms with Crippen LogP contribution in [0, 0.1) is 0 Å². The minimum atomic E-state index is -3.07. The van der Waals surface area contributed by atoms with Crippen LogP contribution < -0.4 is 5.32 Å². The van der Waals surface area contributed by atoms with Gasteiger partial charge in [-0.15, -0.1) is 11.3 Å². The van der Waals surface area contributed by atoms with Gasteiger partial charge in [0.25, 0.3) is 5.91 Å². The summed E-state index contributed by atoms with van der Waals surface area (Å²) in [6.07, 6.45) is 2.84. The standard InChI is InChI=1S/C19H20N2O3S2/c1-26(23,24)13-14-8-10-15(11-9-14)19(22)20-12-4-7-18-21-16-5-2-3-6-17(16)25-18/h2-3,5-6,8-11H,4,7,12-13H2,1H3,(H,20,22). The Hall–Kier alpha value is -2.25. The van der Waals surface area contributed by atoms with Crippen LogP contribution in [0.1, 0.15) is 27.3 Å². The van der Waals surface area contributed by atoms with E-state index in [4.69, 9.17) is 0 Å². The fourth-order valence-electron chi connectivity index (χ4n) is 2.63. The van der Waals surface area contributed by atoms with E-state index in [-0.39, 0.29) is 11.7 Å². The zero-order chi connectivity index (χ0) is 18.6. The molecule has 0 radical (unpaired) electrons. The molecule has 1 heterocycles. The monoisotopic (exact) mass is 388 g/mol. The van der Waals surface area contributed by atoms with Gasteiger partial charge in [0.1, 0.15) is 0 Å². The fraction of sp³-hybridized carbons (Fsp3) is 0.263. The number of amides is 1. The number of sulfone groups is 1. The number of carbonyl (C=O) groups excluding carboxylic acids is 1. The molecule has 0 spiro atoms. The van der Waals surface area contributed by atoms with Crippen molar-refractivity contribution >= 4 is 37.3 Å². The number of para-hydroxylation sites is 1. The summed E-state index contributed by atoms with van der Waals surface area (Å²) in [6.45, 7) is 0.569. The maximum Gasteiger partial charge on any atom is 0.251 e. The molecule has 1 amide bonds. The predicted molar refractivity (Wildman–Crippen MR) is 105 cm³/mol. The van der Waals surface area contributed by atoms with Crippen molar-refractivity contribution in [1.82, 2.24) is 10.3 Å². The number of nitrogens with one attached hydrogen (secondary N) is 1. The number of rotatable bonds is 7. The van der Waals surface area contributed by atoms with E-state index in [1.54, 1.807) is 35.6 Å². The third-order valence-electron chi connectivity index (χ3n) is 3.84. The second-order valence-electron chi connectivity index (χ2n) is 6.20. The molecule has 0 fully saturated rings. The zero-order valence-electron chi connectivity index (χ0n) is 14.4. The largest absolute Gasteiger partial charge is 0.352 e. The van der Waals surface area contributed by atoms with Crippen LogP contribution in [0.25, 0.3) is 10.2 Å². The van der Waals surface area contributed by atoms with E-state index >= 15 is 0 Å². The van der Waals surface area contributed by atoms with Crippen molar-refractivity contribution in [1.29, 1.82) is 0 Å². The van der Waals surface area contributed by atoms with Crippen molar-refractivity contribution < 1.29 is 13.2 Å². The number of fused-ring (bicyclic) bond motifs is 1. The predicted octanol–water partition coefficient (Wildman–Crippen LogP) is 3.20. The molecule has 7 heteroatoms. The number of nitrogens with zero attached hydrogens (tertiary/aromatic N) is 1. The quantitative estimate of drug-likeness (QED) is 0.631. The average molecular weight is 389 g/mol. The normalized spacial score (nSPS) is 11.6. The Morgan fingerprint density at radius 2 is 1.85 bits per heavy atom. The van der Waals surface area contributed by atoms with Crippen molar-refractivity contribution in [2.75, 3.05) is 12.8 Å². The first kappa shape index (κ1) is 18.5. The maximum atomic E-state index is 12.2. The Kier molecular flexibility index (Phi) is 5.68. The van der Waals surface area contributed by atoms with Crippen LogP contribution in [0.5, 0.6) is 0 Å². The lowest BCUT2D eigenvalue weighted by molar-refractivity contribution is 0.0953. The van der Waals surface area contributed by atoms with Crippen molar-refractivity contribution in [3.8, 4) is 0 Å². The van der Waals surface area contributed by atoms with Gasteiger partial charge in [-0.05, 0) is 36.2 Å². The highest BCUT2D eigenvalue weighted by Crippen LogP contribution is 2.22. The highest BCUT2D eigenvalue weighted by Gasteiger charge is 2.08. The topological polar surface area (TPSA) is 76.1 Å². The summed E-state index contributed by atoms with van der Waals surface area (Å²) in [5.41, 5.74) is 2.23. The molecule has 0 aliphatic rings. The second kappa shape index (κ2) is 7.97. The third-order valence-corrected chi connectivity index (χ3v) is 5.79. The number of hydrogen-bond acceptors (Lipinski definition) is 5. The smallest absolute Gasteiger partial charge is 0.251 e. The molecule has 0 aliphatic carbocycles. The average Bonchev–Trinajstić information content (AvgIpc) is 3.00. The third kappa shape index (κ3) is 5.12. The van der Waals surface area contributed by atoms with Gasteiger partial charge in [0.15, 0.2) is 9.84 Å². The minimum absolute atomic E-state index is 0.0168. The summed E-state index contributed by atoms with van der Waals surface area (Å²) in [7, 11) is -3.07. The first-order valence-electron chi connectivity index (χ1n) is 8.30. The van der Waals surface area contributed by atoms with Gasteiger partial charge in [-0.2, -0.15) is 0 Å². The lowest BCUT2D eigenvalue weighted by Gasteiger charge is -2.05. The highest BCUT2D eigenvalue weighted by molar-refractivity contribution is 7.89. The lowest BCUT2D eigenvalue weighted by Crippen LogP contribution is -2.24. The van der Waals surface area contributed by atoms with E-state index in [9.17, 15) is 13.2 Å². The number of aromatic nitrogens is 1. The molecule has 0 unspecified atom stereocenters. The SMILES string of the molecule is CS(=O)(=O)Cc1ccc(C(=O)NCCCc2nc3ccccc3s2)cc1.